The van der Waals surface area contributed by atoms with Crippen LogP contribution in [0.25, 0.3) is 0 Å². The normalized spacial score (nSPS) is 11.5. The lowest BCUT2D eigenvalue weighted by Gasteiger charge is -1.98. The van der Waals surface area contributed by atoms with Gasteiger partial charge in [-0.1, -0.05) is 27.7 Å². The second-order valence-electron chi connectivity index (χ2n) is 3.78. The van der Waals surface area contributed by atoms with Gasteiger partial charge in [-0.15, -0.1) is 0 Å². The van der Waals surface area contributed by atoms with E-state index in [1.165, 1.54) is 0 Å². The van der Waals surface area contributed by atoms with Crippen molar-refractivity contribution in [1.29, 1.82) is 0 Å². The van der Waals surface area contributed by atoms with Gasteiger partial charge in [0, 0.05) is 12.3 Å². The average molecular weight is 202 g/mol. The topological polar surface area (TPSA) is 86.2 Å². The average Bonchev–Trinajstić information content (AvgIpc) is 2.01. The Balaban J connectivity index is 0. The van der Waals surface area contributed by atoms with Gasteiger partial charge in [0.15, 0.2) is 0 Å². The lowest BCUT2D eigenvalue weighted by atomic mass is 10.1. The molecular weight excluding hydrogens is 180 g/mol. The SMILES string of the molecule is CC(C)CC(N)=O.CCC(C)C(N)=O. The zero-order chi connectivity index (χ0) is 11.7. The van der Waals surface area contributed by atoms with Gasteiger partial charge in [-0.2, -0.15) is 0 Å². The number of hydrogen-bond acceptors (Lipinski definition) is 2. The highest BCUT2D eigenvalue weighted by atomic mass is 16.1. The number of nitrogens with two attached hydrogens (primary N) is 2. The first kappa shape index (κ1) is 15.4. The minimum Gasteiger partial charge on any atom is -0.370 e. The van der Waals surface area contributed by atoms with Crippen molar-refractivity contribution in [2.45, 2.75) is 40.5 Å². The Morgan fingerprint density at radius 2 is 1.57 bits per heavy atom. The highest BCUT2D eigenvalue weighted by Crippen LogP contribution is 1.96. The summed E-state index contributed by atoms with van der Waals surface area (Å²) in [7, 11) is 0. The van der Waals surface area contributed by atoms with E-state index >= 15 is 0 Å². The molecule has 0 aromatic rings. The largest absolute Gasteiger partial charge is 0.370 e. The third-order valence-electron chi connectivity index (χ3n) is 1.71. The smallest absolute Gasteiger partial charge is 0.220 e. The van der Waals surface area contributed by atoms with E-state index < -0.39 is 0 Å². The first-order valence-corrected chi connectivity index (χ1v) is 4.88. The molecular formula is C10H22N2O2. The van der Waals surface area contributed by atoms with Crippen LogP contribution in [0.2, 0.25) is 0 Å². The van der Waals surface area contributed by atoms with Gasteiger partial charge in [0.2, 0.25) is 11.8 Å². The number of rotatable bonds is 4. The van der Waals surface area contributed by atoms with Crippen molar-refractivity contribution in [3.05, 3.63) is 0 Å². The van der Waals surface area contributed by atoms with Crippen LogP contribution in [-0.2, 0) is 9.59 Å². The maximum Gasteiger partial charge on any atom is 0.220 e. The summed E-state index contributed by atoms with van der Waals surface area (Å²) in [6.07, 6.45) is 1.34. The van der Waals surface area contributed by atoms with E-state index in [1.807, 2.05) is 27.7 Å². The molecule has 4 heteroatoms. The zero-order valence-electron chi connectivity index (χ0n) is 9.54. The van der Waals surface area contributed by atoms with Gasteiger partial charge in [0.25, 0.3) is 0 Å². The van der Waals surface area contributed by atoms with E-state index in [9.17, 15) is 9.59 Å². The first-order chi connectivity index (χ1) is 6.31. The van der Waals surface area contributed by atoms with Gasteiger partial charge in [-0.25, -0.2) is 0 Å². The molecule has 0 aromatic carbocycles. The number of carbonyl (C=O) groups is 2. The Morgan fingerprint density at radius 3 is 1.57 bits per heavy atom. The van der Waals surface area contributed by atoms with Crippen LogP contribution in [-0.4, -0.2) is 11.8 Å². The summed E-state index contributed by atoms with van der Waals surface area (Å²) in [5.74, 6) is 0.0231. The van der Waals surface area contributed by atoms with Gasteiger partial charge in [-0.05, 0) is 12.3 Å². The highest BCUT2D eigenvalue weighted by Gasteiger charge is 2.02. The maximum absolute atomic E-state index is 10.2. The Morgan fingerprint density at radius 1 is 1.14 bits per heavy atom. The number of amides is 2. The van der Waals surface area contributed by atoms with Crippen molar-refractivity contribution in [3.8, 4) is 0 Å². The van der Waals surface area contributed by atoms with Crippen molar-refractivity contribution >= 4 is 11.8 Å². The number of primary amides is 2. The van der Waals surface area contributed by atoms with Crippen LogP contribution in [0.3, 0.4) is 0 Å². The fourth-order valence-corrected chi connectivity index (χ4v) is 0.604. The minimum absolute atomic E-state index is 0.0417. The number of hydrogen-bond donors (Lipinski definition) is 2. The first-order valence-electron chi connectivity index (χ1n) is 4.88. The van der Waals surface area contributed by atoms with Crippen molar-refractivity contribution in [3.63, 3.8) is 0 Å². The third-order valence-corrected chi connectivity index (χ3v) is 1.71. The third kappa shape index (κ3) is 13.5. The summed E-state index contributed by atoms with van der Waals surface area (Å²) in [4.78, 5) is 20.2. The lowest BCUT2D eigenvalue weighted by Crippen LogP contribution is -2.19. The summed E-state index contributed by atoms with van der Waals surface area (Å²) >= 11 is 0. The standard InChI is InChI=1S/2C5H11NO/c1-4(2)3-5(6)7;1-3-4(2)5(6)7/h2*4H,3H2,1-2H3,(H2,6,7). The summed E-state index contributed by atoms with van der Waals surface area (Å²) in [6.45, 7) is 7.69. The van der Waals surface area contributed by atoms with Crippen molar-refractivity contribution < 1.29 is 9.59 Å². The molecule has 0 aliphatic heterocycles. The van der Waals surface area contributed by atoms with Crippen LogP contribution in [0.5, 0.6) is 0 Å². The summed E-state index contributed by atoms with van der Waals surface area (Å²) in [6, 6.07) is 0. The second-order valence-corrected chi connectivity index (χ2v) is 3.78. The van der Waals surface area contributed by atoms with Gasteiger partial charge >= 0.3 is 0 Å². The molecule has 1 atom stereocenters. The summed E-state index contributed by atoms with van der Waals surface area (Å²) < 4.78 is 0. The van der Waals surface area contributed by atoms with Crippen molar-refractivity contribution in [1.82, 2.24) is 0 Å². The molecule has 4 N–H and O–H groups in total. The van der Waals surface area contributed by atoms with Gasteiger partial charge in [0.05, 0.1) is 0 Å². The van der Waals surface area contributed by atoms with Crippen LogP contribution in [0.15, 0.2) is 0 Å². The lowest BCUT2D eigenvalue weighted by molar-refractivity contribution is -0.121. The molecule has 0 rings (SSSR count). The molecule has 0 aromatic heterocycles. The quantitative estimate of drug-likeness (QED) is 0.713. The van der Waals surface area contributed by atoms with E-state index in [4.69, 9.17) is 11.5 Å². The second kappa shape index (κ2) is 8.53. The molecule has 0 saturated heterocycles. The molecule has 0 radical (unpaired) electrons. The Bertz CT molecular complexity index is 179. The Hall–Kier alpha value is -1.06. The molecule has 0 saturated carbocycles. The predicted molar refractivity (Wildman–Crippen MR) is 57.3 cm³/mol. The molecule has 2 amide bonds. The summed E-state index contributed by atoms with van der Waals surface area (Å²) in [5.41, 5.74) is 9.76. The van der Waals surface area contributed by atoms with Crippen LogP contribution in [0.1, 0.15) is 40.5 Å². The van der Waals surface area contributed by atoms with Gasteiger partial charge < -0.3 is 11.5 Å². The van der Waals surface area contributed by atoms with Crippen LogP contribution < -0.4 is 11.5 Å². The molecule has 1 unspecified atom stereocenters. The summed E-state index contributed by atoms with van der Waals surface area (Å²) in [5, 5.41) is 0. The molecule has 0 fully saturated rings. The monoisotopic (exact) mass is 202 g/mol. The number of carbonyl (C=O) groups excluding carboxylic acids is 2. The van der Waals surface area contributed by atoms with E-state index in [-0.39, 0.29) is 17.7 Å². The van der Waals surface area contributed by atoms with Crippen LogP contribution >= 0.6 is 0 Å². The highest BCUT2D eigenvalue weighted by molar-refractivity contribution is 5.76. The molecule has 84 valence electrons. The molecule has 14 heavy (non-hydrogen) atoms. The molecule has 0 spiro atoms. The zero-order valence-corrected chi connectivity index (χ0v) is 9.54. The Labute approximate surface area is 86.0 Å². The van der Waals surface area contributed by atoms with Crippen molar-refractivity contribution in [2.24, 2.45) is 23.3 Å². The molecule has 4 nitrogen and oxygen atoms in total. The van der Waals surface area contributed by atoms with Crippen LogP contribution in [0.4, 0.5) is 0 Å². The molecule has 0 heterocycles. The van der Waals surface area contributed by atoms with E-state index in [1.54, 1.807) is 0 Å². The van der Waals surface area contributed by atoms with Crippen LogP contribution in [0, 0.1) is 11.8 Å². The fourth-order valence-electron chi connectivity index (χ4n) is 0.604. The predicted octanol–water partition coefficient (Wildman–Crippen LogP) is 1.04. The van der Waals surface area contributed by atoms with E-state index in [0.29, 0.717) is 12.3 Å². The Kier molecular flexibility index (Phi) is 9.40. The van der Waals surface area contributed by atoms with Gasteiger partial charge in [-0.3, -0.25) is 9.59 Å². The fraction of sp³-hybridized carbons (Fsp3) is 0.800. The van der Waals surface area contributed by atoms with Gasteiger partial charge in [0.1, 0.15) is 0 Å². The molecule has 0 bridgehead atoms. The van der Waals surface area contributed by atoms with E-state index in [0.717, 1.165) is 6.42 Å². The van der Waals surface area contributed by atoms with E-state index in [2.05, 4.69) is 0 Å². The minimum atomic E-state index is -0.213. The maximum atomic E-state index is 10.2. The molecule has 0 aliphatic rings. The molecule has 0 aliphatic carbocycles. The van der Waals surface area contributed by atoms with Crippen molar-refractivity contribution in [2.75, 3.05) is 0 Å².